The van der Waals surface area contributed by atoms with Gasteiger partial charge < -0.3 is 10.1 Å². The quantitative estimate of drug-likeness (QED) is 0.763. The van der Waals surface area contributed by atoms with Crippen LogP contribution in [0.5, 0.6) is 5.75 Å². The largest absolute Gasteiger partial charge is 0.493 e. The van der Waals surface area contributed by atoms with Gasteiger partial charge in [0.25, 0.3) is 5.56 Å². The van der Waals surface area contributed by atoms with Gasteiger partial charge in [-0.15, -0.1) is 5.10 Å². The lowest BCUT2D eigenvalue weighted by atomic mass is 9.97. The zero-order chi connectivity index (χ0) is 17.9. The molecule has 3 aromatic rings. The van der Waals surface area contributed by atoms with Gasteiger partial charge in [-0.2, -0.15) is 0 Å². The minimum absolute atomic E-state index is 0.152. The number of carbonyl (C=O) groups is 1. The molecule has 0 radical (unpaired) electrons. The molecule has 2 heterocycles. The minimum atomic E-state index is -0.319. The van der Waals surface area contributed by atoms with E-state index in [1.165, 1.54) is 0 Å². The van der Waals surface area contributed by atoms with Gasteiger partial charge in [0.1, 0.15) is 17.8 Å². The molecule has 0 spiro atoms. The molecule has 7 nitrogen and oxygen atoms in total. The van der Waals surface area contributed by atoms with Crippen LogP contribution in [-0.4, -0.2) is 34.1 Å². The monoisotopic (exact) mass is 350 g/mol. The van der Waals surface area contributed by atoms with Crippen LogP contribution in [0.1, 0.15) is 5.56 Å². The van der Waals surface area contributed by atoms with Gasteiger partial charge in [0.15, 0.2) is 0 Å². The number of nitrogens with one attached hydrogen (secondary N) is 1. The number of aromatic nitrogens is 3. The molecule has 1 N–H and O–H groups in total. The van der Waals surface area contributed by atoms with E-state index in [0.29, 0.717) is 24.1 Å². The van der Waals surface area contributed by atoms with Crippen molar-refractivity contribution in [2.24, 2.45) is 5.92 Å². The molecule has 0 saturated heterocycles. The Balaban J connectivity index is 1.38. The summed E-state index contributed by atoms with van der Waals surface area (Å²) in [5.74, 6) is 0.844. The van der Waals surface area contributed by atoms with Crippen LogP contribution in [0.15, 0.2) is 53.3 Å². The number of ether oxygens (including phenoxy) is 1. The molecule has 2 aromatic carbocycles. The maximum atomic E-state index is 12.4. The maximum absolute atomic E-state index is 12.4. The van der Waals surface area contributed by atoms with Crippen molar-refractivity contribution in [2.45, 2.75) is 13.0 Å². The van der Waals surface area contributed by atoms with Gasteiger partial charge in [-0.3, -0.25) is 9.59 Å². The summed E-state index contributed by atoms with van der Waals surface area (Å²) in [6, 6.07) is 14.9. The number of amides is 1. The lowest BCUT2D eigenvalue weighted by Crippen LogP contribution is -2.38. The van der Waals surface area contributed by atoms with Crippen molar-refractivity contribution >= 4 is 16.8 Å². The van der Waals surface area contributed by atoms with Crippen LogP contribution in [0.4, 0.5) is 0 Å². The summed E-state index contributed by atoms with van der Waals surface area (Å²) in [6.07, 6.45) is 0.853. The number of nitrogens with zero attached hydrogens (tertiary/aromatic N) is 3. The van der Waals surface area contributed by atoms with E-state index in [1.54, 1.807) is 24.3 Å². The fraction of sp³-hybridized carbons (Fsp3) is 0.263. The predicted octanol–water partition coefficient (Wildman–Crippen LogP) is 1.16. The van der Waals surface area contributed by atoms with E-state index < -0.39 is 0 Å². The van der Waals surface area contributed by atoms with E-state index in [9.17, 15) is 9.59 Å². The van der Waals surface area contributed by atoms with E-state index >= 15 is 0 Å². The summed E-state index contributed by atoms with van der Waals surface area (Å²) in [6.45, 7) is 0.900. The van der Waals surface area contributed by atoms with Crippen LogP contribution in [0.3, 0.4) is 0 Å². The van der Waals surface area contributed by atoms with E-state index in [1.807, 2.05) is 24.3 Å². The molecule has 1 unspecified atom stereocenters. The van der Waals surface area contributed by atoms with Crippen molar-refractivity contribution in [1.29, 1.82) is 0 Å². The van der Waals surface area contributed by atoms with Crippen LogP contribution in [-0.2, 0) is 17.8 Å². The minimum Gasteiger partial charge on any atom is -0.493 e. The first kappa shape index (κ1) is 16.3. The summed E-state index contributed by atoms with van der Waals surface area (Å²) < 4.78 is 6.81. The molecule has 7 heteroatoms. The van der Waals surface area contributed by atoms with Gasteiger partial charge in [0, 0.05) is 12.5 Å². The number of hydrogen-bond acceptors (Lipinski definition) is 5. The Labute approximate surface area is 149 Å². The van der Waals surface area contributed by atoms with E-state index in [-0.39, 0.29) is 23.9 Å². The van der Waals surface area contributed by atoms with Gasteiger partial charge in [0.05, 0.1) is 12.0 Å². The molecular formula is C19H18N4O3. The first-order valence-electron chi connectivity index (χ1n) is 8.50. The SMILES string of the molecule is O=C(Cn1nnc2ccccc2c1=O)NCC1COc2ccccc2C1. The number of benzene rings is 2. The molecule has 0 bridgehead atoms. The number of hydrogen-bond donors (Lipinski definition) is 1. The number of fused-ring (bicyclic) bond motifs is 2. The van der Waals surface area contributed by atoms with E-state index in [4.69, 9.17) is 4.74 Å². The molecule has 1 aliphatic rings. The molecule has 1 aromatic heterocycles. The molecule has 0 saturated carbocycles. The van der Waals surface area contributed by atoms with Crippen molar-refractivity contribution in [3.8, 4) is 5.75 Å². The molecule has 4 rings (SSSR count). The van der Waals surface area contributed by atoms with Crippen LogP contribution in [0.2, 0.25) is 0 Å². The summed E-state index contributed by atoms with van der Waals surface area (Å²) in [5.41, 5.74) is 1.35. The summed E-state index contributed by atoms with van der Waals surface area (Å²) >= 11 is 0. The standard InChI is InChI=1S/C19H18N4O3/c24-18(11-23-19(25)15-6-2-3-7-16(15)21-22-23)20-10-13-9-14-5-1-4-8-17(14)26-12-13/h1-8,13H,9-12H2,(H,20,24). The predicted molar refractivity (Wildman–Crippen MR) is 95.9 cm³/mol. The fourth-order valence-corrected chi connectivity index (χ4v) is 3.10. The highest BCUT2D eigenvalue weighted by molar-refractivity contribution is 5.78. The molecular weight excluding hydrogens is 332 g/mol. The third-order valence-corrected chi connectivity index (χ3v) is 4.47. The van der Waals surface area contributed by atoms with Crippen molar-refractivity contribution in [1.82, 2.24) is 20.3 Å². The normalized spacial score (nSPS) is 15.9. The highest BCUT2D eigenvalue weighted by Gasteiger charge is 2.20. The topological polar surface area (TPSA) is 86.1 Å². The van der Waals surface area contributed by atoms with Gasteiger partial charge in [-0.05, 0) is 30.2 Å². The molecule has 132 valence electrons. The molecule has 0 fully saturated rings. The Morgan fingerprint density at radius 3 is 2.92 bits per heavy atom. The third-order valence-electron chi connectivity index (χ3n) is 4.47. The third kappa shape index (κ3) is 3.28. The average Bonchev–Trinajstić information content (AvgIpc) is 2.68. The second kappa shape index (κ2) is 6.95. The lowest BCUT2D eigenvalue weighted by Gasteiger charge is -2.25. The smallest absolute Gasteiger partial charge is 0.278 e. The maximum Gasteiger partial charge on any atom is 0.278 e. The van der Waals surface area contributed by atoms with Crippen LogP contribution in [0.25, 0.3) is 10.9 Å². The summed E-state index contributed by atoms with van der Waals surface area (Å²) in [5, 5.41) is 11.1. The van der Waals surface area contributed by atoms with Gasteiger partial charge in [0.2, 0.25) is 5.91 Å². The van der Waals surface area contributed by atoms with Crippen LogP contribution < -0.4 is 15.6 Å². The first-order chi connectivity index (χ1) is 12.7. The fourth-order valence-electron chi connectivity index (χ4n) is 3.10. The van der Waals surface area contributed by atoms with Crippen molar-refractivity contribution in [2.75, 3.05) is 13.2 Å². The summed E-state index contributed by atoms with van der Waals surface area (Å²) in [7, 11) is 0. The van der Waals surface area contributed by atoms with Crippen LogP contribution in [0, 0.1) is 5.92 Å². The van der Waals surface area contributed by atoms with Gasteiger partial charge >= 0.3 is 0 Å². The van der Waals surface area contributed by atoms with Crippen LogP contribution >= 0.6 is 0 Å². The van der Waals surface area contributed by atoms with E-state index in [2.05, 4.69) is 15.6 Å². The number of carbonyl (C=O) groups excluding carboxylic acids is 1. The zero-order valence-corrected chi connectivity index (χ0v) is 14.1. The van der Waals surface area contributed by atoms with Crippen molar-refractivity contribution < 1.29 is 9.53 Å². The Morgan fingerprint density at radius 1 is 1.19 bits per heavy atom. The molecule has 26 heavy (non-hydrogen) atoms. The van der Waals surface area contributed by atoms with Crippen molar-refractivity contribution in [3.63, 3.8) is 0 Å². The lowest BCUT2D eigenvalue weighted by molar-refractivity contribution is -0.122. The zero-order valence-electron chi connectivity index (χ0n) is 14.1. The summed E-state index contributed by atoms with van der Waals surface area (Å²) in [4.78, 5) is 24.6. The number of rotatable bonds is 4. The molecule has 1 atom stereocenters. The first-order valence-corrected chi connectivity index (χ1v) is 8.50. The Bertz CT molecular complexity index is 1010. The Kier molecular flexibility index (Phi) is 4.35. The Morgan fingerprint density at radius 2 is 2.00 bits per heavy atom. The van der Waals surface area contributed by atoms with Gasteiger partial charge in [-0.1, -0.05) is 35.5 Å². The highest BCUT2D eigenvalue weighted by Crippen LogP contribution is 2.26. The second-order valence-electron chi connectivity index (χ2n) is 6.36. The second-order valence-corrected chi connectivity index (χ2v) is 6.36. The van der Waals surface area contributed by atoms with E-state index in [0.717, 1.165) is 22.4 Å². The molecule has 1 amide bonds. The van der Waals surface area contributed by atoms with Gasteiger partial charge in [-0.25, -0.2) is 4.68 Å². The van der Waals surface area contributed by atoms with Crippen molar-refractivity contribution in [3.05, 3.63) is 64.4 Å². The molecule has 0 aliphatic carbocycles. The molecule has 1 aliphatic heterocycles. The number of para-hydroxylation sites is 1. The highest BCUT2D eigenvalue weighted by atomic mass is 16.5. The average molecular weight is 350 g/mol. The Hall–Kier alpha value is -3.22.